The number of hydrogen-bond donors (Lipinski definition) is 1. The Labute approximate surface area is 206 Å². The highest BCUT2D eigenvalue weighted by Gasteiger charge is 2.22. The molecule has 35 heavy (non-hydrogen) atoms. The molecule has 4 aromatic rings. The molecule has 0 spiro atoms. The lowest BCUT2D eigenvalue weighted by Crippen LogP contribution is -2.22. The van der Waals surface area contributed by atoms with Crippen molar-refractivity contribution in [1.29, 1.82) is 5.26 Å². The van der Waals surface area contributed by atoms with Gasteiger partial charge >= 0.3 is 0 Å². The normalized spacial score (nSPS) is 11.3. The summed E-state index contributed by atoms with van der Waals surface area (Å²) >= 11 is 1.17. The fourth-order valence-electron chi connectivity index (χ4n) is 3.48. The summed E-state index contributed by atoms with van der Waals surface area (Å²) in [7, 11) is 0. The standard InChI is InChI=1S/C27H20N4O3S/c1-18(26(32)29-21-13-8-14-22(15-21)31(33)34)35-27-24(17-28)23(19-9-4-2-5-10-19)16-25(30-27)20-11-6-3-7-12-20/h2-16,18H,1H3,(H,29,32)/t18-/m1/s1. The lowest BCUT2D eigenvalue weighted by molar-refractivity contribution is -0.384. The molecule has 0 aliphatic rings. The van der Waals surface area contributed by atoms with Crippen LogP contribution in [0.5, 0.6) is 0 Å². The summed E-state index contributed by atoms with van der Waals surface area (Å²) in [6.07, 6.45) is 0. The first-order valence-electron chi connectivity index (χ1n) is 10.7. The van der Waals surface area contributed by atoms with Crippen molar-refractivity contribution < 1.29 is 9.72 Å². The second-order valence-electron chi connectivity index (χ2n) is 7.64. The second-order valence-corrected chi connectivity index (χ2v) is 8.97. The number of amides is 1. The fraction of sp³-hybridized carbons (Fsp3) is 0.0741. The first-order valence-corrected chi connectivity index (χ1v) is 11.6. The Morgan fingerprint density at radius 2 is 1.66 bits per heavy atom. The summed E-state index contributed by atoms with van der Waals surface area (Å²) in [6.45, 7) is 1.71. The highest BCUT2D eigenvalue weighted by molar-refractivity contribution is 8.00. The number of carbonyl (C=O) groups is 1. The van der Waals surface area contributed by atoms with Crippen LogP contribution in [-0.2, 0) is 4.79 Å². The second kappa shape index (κ2) is 10.6. The number of nitro benzene ring substituents is 1. The Morgan fingerprint density at radius 3 is 2.29 bits per heavy atom. The number of nitro groups is 1. The van der Waals surface area contributed by atoms with E-state index in [-0.39, 0.29) is 11.6 Å². The SMILES string of the molecule is C[C@@H](Sc1nc(-c2ccccc2)cc(-c2ccccc2)c1C#N)C(=O)Nc1cccc([N+](=O)[O-])c1. The van der Waals surface area contributed by atoms with Crippen LogP contribution in [0.15, 0.2) is 96.0 Å². The van der Waals surface area contributed by atoms with Crippen molar-refractivity contribution in [2.24, 2.45) is 0 Å². The summed E-state index contributed by atoms with van der Waals surface area (Å²) < 4.78 is 0. The van der Waals surface area contributed by atoms with Gasteiger partial charge < -0.3 is 5.32 Å². The third-order valence-electron chi connectivity index (χ3n) is 5.23. The number of thioether (sulfide) groups is 1. The molecule has 0 saturated carbocycles. The summed E-state index contributed by atoms with van der Waals surface area (Å²) in [6, 6.07) is 29.1. The van der Waals surface area contributed by atoms with Crippen LogP contribution in [0.1, 0.15) is 12.5 Å². The van der Waals surface area contributed by atoms with E-state index < -0.39 is 10.2 Å². The Balaban J connectivity index is 1.69. The number of rotatable bonds is 7. The molecule has 7 nitrogen and oxygen atoms in total. The maximum atomic E-state index is 12.9. The Bertz CT molecular complexity index is 1420. The van der Waals surface area contributed by atoms with Crippen molar-refractivity contribution in [2.75, 3.05) is 5.32 Å². The van der Waals surface area contributed by atoms with Crippen molar-refractivity contribution in [3.63, 3.8) is 0 Å². The Kier molecular flexibility index (Phi) is 7.19. The number of anilines is 1. The van der Waals surface area contributed by atoms with Gasteiger partial charge in [0, 0.05) is 28.9 Å². The van der Waals surface area contributed by atoms with Crippen molar-refractivity contribution in [1.82, 2.24) is 4.98 Å². The molecule has 1 atom stereocenters. The molecule has 3 aromatic carbocycles. The molecule has 172 valence electrons. The highest BCUT2D eigenvalue weighted by atomic mass is 32.2. The van der Waals surface area contributed by atoms with Crippen LogP contribution in [0.25, 0.3) is 22.4 Å². The Morgan fingerprint density at radius 1 is 1.00 bits per heavy atom. The molecular weight excluding hydrogens is 460 g/mol. The van der Waals surface area contributed by atoms with Crippen LogP contribution in [0.2, 0.25) is 0 Å². The predicted molar refractivity (Wildman–Crippen MR) is 137 cm³/mol. The number of nitrogens with one attached hydrogen (secondary N) is 1. The topological polar surface area (TPSA) is 109 Å². The van der Waals surface area contributed by atoms with Crippen LogP contribution < -0.4 is 5.32 Å². The summed E-state index contributed by atoms with van der Waals surface area (Å²) in [5.74, 6) is -0.354. The molecule has 0 radical (unpaired) electrons. The van der Waals surface area contributed by atoms with Gasteiger partial charge in [-0.05, 0) is 24.6 Å². The minimum absolute atomic E-state index is 0.111. The molecule has 0 aliphatic carbocycles. The van der Waals surface area contributed by atoms with Gasteiger partial charge in [0.1, 0.15) is 11.1 Å². The van der Waals surface area contributed by atoms with Crippen LogP contribution in [0.3, 0.4) is 0 Å². The van der Waals surface area contributed by atoms with E-state index >= 15 is 0 Å². The Hall–Kier alpha value is -4.48. The lowest BCUT2D eigenvalue weighted by atomic mass is 9.99. The first-order chi connectivity index (χ1) is 17.0. The molecule has 0 aliphatic heterocycles. The van der Waals surface area contributed by atoms with Gasteiger partial charge in [-0.2, -0.15) is 5.26 Å². The van der Waals surface area contributed by atoms with Gasteiger partial charge in [0.25, 0.3) is 5.69 Å². The molecule has 1 N–H and O–H groups in total. The number of aromatic nitrogens is 1. The van der Waals surface area contributed by atoms with E-state index in [2.05, 4.69) is 11.4 Å². The maximum Gasteiger partial charge on any atom is 0.271 e. The van der Waals surface area contributed by atoms with Gasteiger partial charge in [0.15, 0.2) is 0 Å². The molecule has 4 rings (SSSR count). The number of pyridine rings is 1. The average molecular weight is 481 g/mol. The number of nitrogens with zero attached hydrogens (tertiary/aromatic N) is 3. The maximum absolute atomic E-state index is 12.9. The monoisotopic (exact) mass is 480 g/mol. The van der Waals surface area contributed by atoms with E-state index in [1.54, 1.807) is 13.0 Å². The van der Waals surface area contributed by atoms with Gasteiger partial charge in [-0.1, -0.05) is 78.5 Å². The molecule has 0 saturated heterocycles. The minimum atomic E-state index is -0.622. The molecular formula is C27H20N4O3S. The number of hydrogen-bond acceptors (Lipinski definition) is 6. The average Bonchev–Trinajstić information content (AvgIpc) is 2.89. The zero-order valence-corrected chi connectivity index (χ0v) is 19.5. The van der Waals surface area contributed by atoms with Crippen LogP contribution in [-0.4, -0.2) is 21.1 Å². The van der Waals surface area contributed by atoms with Crippen molar-refractivity contribution in [3.8, 4) is 28.5 Å². The largest absolute Gasteiger partial charge is 0.325 e. The zero-order chi connectivity index (χ0) is 24.8. The number of benzene rings is 3. The summed E-state index contributed by atoms with van der Waals surface area (Å²) in [5.41, 5.74) is 3.79. The van der Waals surface area contributed by atoms with Gasteiger partial charge in [0.2, 0.25) is 5.91 Å². The third-order valence-corrected chi connectivity index (χ3v) is 6.32. The fourth-order valence-corrected chi connectivity index (χ4v) is 4.40. The molecule has 1 amide bonds. The van der Waals surface area contributed by atoms with Crippen molar-refractivity contribution in [2.45, 2.75) is 17.2 Å². The van der Waals surface area contributed by atoms with E-state index in [0.29, 0.717) is 22.0 Å². The summed E-state index contributed by atoms with van der Waals surface area (Å²) in [5, 5.41) is 23.6. The number of non-ortho nitro benzene ring substituents is 1. The molecule has 0 bridgehead atoms. The van der Waals surface area contributed by atoms with Gasteiger partial charge in [0.05, 0.1) is 21.4 Å². The van der Waals surface area contributed by atoms with Crippen LogP contribution in [0.4, 0.5) is 11.4 Å². The molecule has 1 aromatic heterocycles. The third kappa shape index (κ3) is 5.54. The smallest absolute Gasteiger partial charge is 0.271 e. The first kappa shape index (κ1) is 23.7. The van der Waals surface area contributed by atoms with E-state index in [9.17, 15) is 20.2 Å². The zero-order valence-electron chi connectivity index (χ0n) is 18.7. The molecule has 8 heteroatoms. The van der Waals surface area contributed by atoms with E-state index in [4.69, 9.17) is 4.98 Å². The highest BCUT2D eigenvalue weighted by Crippen LogP contribution is 2.36. The van der Waals surface area contributed by atoms with Crippen molar-refractivity contribution >= 4 is 29.0 Å². The molecule has 0 fully saturated rings. The minimum Gasteiger partial charge on any atom is -0.325 e. The number of nitriles is 1. The lowest BCUT2D eigenvalue weighted by Gasteiger charge is -2.16. The van der Waals surface area contributed by atoms with Gasteiger partial charge in [-0.15, -0.1) is 0 Å². The van der Waals surface area contributed by atoms with E-state index in [1.807, 2.05) is 66.7 Å². The van der Waals surface area contributed by atoms with Crippen LogP contribution in [0, 0.1) is 21.4 Å². The predicted octanol–water partition coefficient (Wildman–Crippen LogP) is 6.31. The molecule has 1 heterocycles. The van der Waals surface area contributed by atoms with E-state index in [1.165, 1.54) is 30.0 Å². The van der Waals surface area contributed by atoms with Crippen molar-refractivity contribution in [3.05, 3.63) is 107 Å². The number of carbonyl (C=O) groups excluding carboxylic acids is 1. The quantitative estimate of drug-likeness (QED) is 0.188. The molecule has 0 unspecified atom stereocenters. The van der Waals surface area contributed by atoms with Gasteiger partial charge in [-0.25, -0.2) is 4.98 Å². The van der Waals surface area contributed by atoms with Gasteiger partial charge in [-0.3, -0.25) is 14.9 Å². The van der Waals surface area contributed by atoms with Crippen LogP contribution >= 0.6 is 11.8 Å². The van der Waals surface area contributed by atoms with E-state index in [0.717, 1.165) is 16.7 Å². The summed E-state index contributed by atoms with van der Waals surface area (Å²) in [4.78, 5) is 28.1.